The third-order valence-electron chi connectivity index (χ3n) is 4.48. The van der Waals surface area contributed by atoms with Crippen molar-refractivity contribution in [3.63, 3.8) is 0 Å². The van der Waals surface area contributed by atoms with Crippen molar-refractivity contribution < 1.29 is 23.9 Å². The zero-order valence-electron chi connectivity index (χ0n) is 15.7. The number of rotatable bonds is 6. The van der Waals surface area contributed by atoms with Crippen LogP contribution < -0.4 is 10.2 Å². The monoisotopic (exact) mass is 414 g/mol. The Hall–Kier alpha value is -3.19. The van der Waals surface area contributed by atoms with Crippen molar-refractivity contribution in [2.45, 2.75) is 32.4 Å². The minimum atomic E-state index is -1.01. The first-order chi connectivity index (χ1) is 13.9. The molecule has 0 radical (unpaired) electrons. The maximum atomic E-state index is 12.3. The van der Waals surface area contributed by atoms with Gasteiger partial charge in [0.05, 0.1) is 11.3 Å². The fourth-order valence-electron chi connectivity index (χ4n) is 2.86. The van der Waals surface area contributed by atoms with Crippen molar-refractivity contribution in [1.82, 2.24) is 5.32 Å². The zero-order valence-corrected chi connectivity index (χ0v) is 16.4. The lowest BCUT2D eigenvalue weighted by Gasteiger charge is -2.15. The molecule has 1 heterocycles. The molecule has 3 amide bonds. The van der Waals surface area contributed by atoms with Gasteiger partial charge in [0, 0.05) is 24.4 Å². The molecule has 1 N–H and O–H groups in total. The maximum absolute atomic E-state index is 12.3. The third-order valence-corrected chi connectivity index (χ3v) is 4.85. The Balaban J connectivity index is 1.56. The number of nitrogens with zero attached hydrogens (tertiary/aromatic N) is 1. The van der Waals surface area contributed by atoms with E-state index in [0.29, 0.717) is 10.7 Å². The Morgan fingerprint density at radius 2 is 1.69 bits per heavy atom. The number of halogens is 1. The number of imide groups is 1. The van der Waals surface area contributed by atoms with Crippen LogP contribution in [0.4, 0.5) is 5.69 Å². The van der Waals surface area contributed by atoms with Crippen LogP contribution in [0.1, 0.15) is 35.7 Å². The number of carbonyl (C=O) groups is 4. The van der Waals surface area contributed by atoms with E-state index in [0.717, 1.165) is 10.5 Å². The molecule has 0 unspecified atom stereocenters. The molecule has 150 valence electrons. The summed E-state index contributed by atoms with van der Waals surface area (Å²) in [5.74, 6) is -1.68. The molecule has 2 aromatic carbocycles. The first-order valence-corrected chi connectivity index (χ1v) is 9.42. The van der Waals surface area contributed by atoms with Gasteiger partial charge in [0.25, 0.3) is 5.91 Å². The van der Waals surface area contributed by atoms with E-state index in [1.807, 2.05) is 6.07 Å². The molecule has 1 aliphatic rings. The first kappa shape index (κ1) is 20.5. The number of benzene rings is 2. The summed E-state index contributed by atoms with van der Waals surface area (Å²) in [4.78, 5) is 49.1. The Morgan fingerprint density at radius 1 is 1.07 bits per heavy atom. The molecular weight excluding hydrogens is 396 g/mol. The fraction of sp³-hybridized carbons (Fsp3) is 0.238. The average molecular weight is 415 g/mol. The van der Waals surface area contributed by atoms with Crippen LogP contribution in [0.5, 0.6) is 0 Å². The minimum absolute atomic E-state index is 0.184. The molecule has 0 aromatic heterocycles. The predicted octanol–water partition coefficient (Wildman–Crippen LogP) is 2.86. The van der Waals surface area contributed by atoms with Gasteiger partial charge in [-0.25, -0.2) is 4.79 Å². The van der Waals surface area contributed by atoms with Crippen molar-refractivity contribution >= 4 is 41.0 Å². The Bertz CT molecular complexity index is 942. The quantitative estimate of drug-likeness (QED) is 0.579. The number of carbonyl (C=O) groups excluding carboxylic acids is 4. The van der Waals surface area contributed by atoms with E-state index >= 15 is 0 Å². The molecule has 1 saturated heterocycles. The molecule has 29 heavy (non-hydrogen) atoms. The van der Waals surface area contributed by atoms with Crippen molar-refractivity contribution in [2.24, 2.45) is 0 Å². The zero-order chi connectivity index (χ0) is 21.0. The summed E-state index contributed by atoms with van der Waals surface area (Å²) in [6.07, 6.45) is -0.640. The van der Waals surface area contributed by atoms with E-state index in [1.54, 1.807) is 18.2 Å². The fourth-order valence-corrected chi connectivity index (χ4v) is 3.06. The number of hydrogen-bond donors (Lipinski definition) is 1. The summed E-state index contributed by atoms with van der Waals surface area (Å²) in [7, 11) is 0. The van der Waals surface area contributed by atoms with Crippen LogP contribution >= 0.6 is 11.6 Å². The van der Waals surface area contributed by atoms with Crippen LogP contribution in [-0.2, 0) is 25.7 Å². The van der Waals surface area contributed by atoms with Gasteiger partial charge in [-0.3, -0.25) is 19.3 Å². The van der Waals surface area contributed by atoms with Crippen molar-refractivity contribution in [1.29, 1.82) is 0 Å². The molecule has 1 fully saturated rings. The highest BCUT2D eigenvalue weighted by molar-refractivity contribution is 6.31. The molecular formula is C21H19ClN2O5. The van der Waals surface area contributed by atoms with Gasteiger partial charge in [0.15, 0.2) is 6.10 Å². The van der Waals surface area contributed by atoms with Gasteiger partial charge in [0.1, 0.15) is 0 Å². The number of esters is 1. The molecule has 8 heteroatoms. The van der Waals surface area contributed by atoms with Crippen molar-refractivity contribution in [2.75, 3.05) is 4.90 Å². The molecule has 0 saturated carbocycles. The smallest absolute Gasteiger partial charge is 0.338 e. The van der Waals surface area contributed by atoms with E-state index in [9.17, 15) is 19.2 Å². The minimum Gasteiger partial charge on any atom is -0.449 e. The van der Waals surface area contributed by atoms with Crippen LogP contribution in [0, 0.1) is 0 Å². The Labute approximate surface area is 172 Å². The van der Waals surface area contributed by atoms with Gasteiger partial charge in [-0.15, -0.1) is 0 Å². The van der Waals surface area contributed by atoms with Crippen molar-refractivity contribution in [3.05, 3.63) is 64.7 Å². The van der Waals surface area contributed by atoms with Crippen LogP contribution in [0.3, 0.4) is 0 Å². The lowest BCUT2D eigenvalue weighted by atomic mass is 10.2. The summed E-state index contributed by atoms with van der Waals surface area (Å²) in [5.41, 5.74) is 1.36. The van der Waals surface area contributed by atoms with Gasteiger partial charge < -0.3 is 10.1 Å². The molecule has 7 nitrogen and oxygen atoms in total. The largest absolute Gasteiger partial charge is 0.449 e. The Kier molecular flexibility index (Phi) is 6.29. The highest BCUT2D eigenvalue weighted by Gasteiger charge is 2.30. The van der Waals surface area contributed by atoms with E-state index in [1.165, 1.54) is 31.2 Å². The highest BCUT2D eigenvalue weighted by Crippen LogP contribution is 2.23. The van der Waals surface area contributed by atoms with Gasteiger partial charge in [-0.1, -0.05) is 29.8 Å². The van der Waals surface area contributed by atoms with E-state index < -0.39 is 18.0 Å². The summed E-state index contributed by atoms with van der Waals surface area (Å²) in [6.45, 7) is 1.68. The highest BCUT2D eigenvalue weighted by atomic mass is 35.5. The van der Waals surface area contributed by atoms with E-state index in [4.69, 9.17) is 16.3 Å². The van der Waals surface area contributed by atoms with E-state index in [-0.39, 0.29) is 36.8 Å². The van der Waals surface area contributed by atoms with E-state index in [2.05, 4.69) is 5.32 Å². The number of anilines is 1. The molecule has 3 rings (SSSR count). The average Bonchev–Trinajstić information content (AvgIpc) is 3.05. The first-order valence-electron chi connectivity index (χ1n) is 9.05. The number of amides is 3. The lowest BCUT2D eigenvalue weighted by Crippen LogP contribution is -2.35. The van der Waals surface area contributed by atoms with Gasteiger partial charge >= 0.3 is 5.97 Å². The summed E-state index contributed by atoms with van der Waals surface area (Å²) >= 11 is 6.05. The molecule has 2 aromatic rings. The third kappa shape index (κ3) is 4.81. The number of nitrogens with one attached hydrogen (secondary N) is 1. The van der Waals surface area contributed by atoms with Crippen LogP contribution in [0.25, 0.3) is 0 Å². The van der Waals surface area contributed by atoms with Crippen LogP contribution in [0.15, 0.2) is 48.5 Å². The van der Waals surface area contributed by atoms with Crippen LogP contribution in [0.2, 0.25) is 5.02 Å². The number of ether oxygens (including phenoxy) is 1. The maximum Gasteiger partial charge on any atom is 0.338 e. The summed E-state index contributed by atoms with van der Waals surface area (Å²) < 4.78 is 5.19. The number of hydrogen-bond acceptors (Lipinski definition) is 5. The molecule has 1 aliphatic heterocycles. The standard InChI is InChI=1S/C21H19ClN2O5/c1-13(20(27)23-12-15-4-2-3-5-17(15)22)29-21(28)14-6-8-16(9-7-14)24-18(25)10-11-19(24)26/h2-9,13H,10-12H2,1H3,(H,23,27)/t13-/m1/s1. The van der Waals surface area contributed by atoms with Crippen LogP contribution in [-0.4, -0.2) is 29.8 Å². The predicted molar refractivity (Wildman–Crippen MR) is 106 cm³/mol. The molecule has 0 spiro atoms. The van der Waals surface area contributed by atoms with Crippen molar-refractivity contribution in [3.8, 4) is 0 Å². The second-order valence-electron chi connectivity index (χ2n) is 6.53. The second kappa shape index (κ2) is 8.87. The summed E-state index contributed by atoms with van der Waals surface area (Å²) in [5, 5.41) is 3.20. The summed E-state index contributed by atoms with van der Waals surface area (Å²) in [6, 6.07) is 13.0. The SMILES string of the molecule is C[C@@H](OC(=O)c1ccc(N2C(=O)CCC2=O)cc1)C(=O)NCc1ccccc1Cl. The molecule has 1 atom stereocenters. The molecule has 0 aliphatic carbocycles. The Morgan fingerprint density at radius 3 is 2.31 bits per heavy atom. The normalized spacial score (nSPS) is 14.6. The van der Waals surface area contributed by atoms with Gasteiger partial charge in [-0.2, -0.15) is 0 Å². The van der Waals surface area contributed by atoms with Gasteiger partial charge in [0.2, 0.25) is 11.8 Å². The van der Waals surface area contributed by atoms with Gasteiger partial charge in [-0.05, 0) is 42.8 Å². The second-order valence-corrected chi connectivity index (χ2v) is 6.93. The molecule has 0 bridgehead atoms. The lowest BCUT2D eigenvalue weighted by molar-refractivity contribution is -0.129. The topological polar surface area (TPSA) is 92.8 Å².